The molecule has 12 heteroatoms. The minimum absolute atomic E-state index is 0.215. The molecule has 0 radical (unpaired) electrons. The van der Waals surface area contributed by atoms with Gasteiger partial charge in [0.25, 0.3) is 24.2 Å². The van der Waals surface area contributed by atoms with Crippen molar-refractivity contribution < 1.29 is 29.0 Å². The number of hydrazone groups is 1. The van der Waals surface area contributed by atoms with Crippen LogP contribution < -0.4 is 14.8 Å². The number of hydrogen-bond acceptors (Lipinski definition) is 7. The molecule has 1 aromatic carbocycles. The molecule has 2 aliphatic heterocycles. The maximum Gasteiger partial charge on any atom is 0.389 e. The van der Waals surface area contributed by atoms with Crippen molar-refractivity contribution in [3.63, 3.8) is 0 Å². The van der Waals surface area contributed by atoms with Crippen LogP contribution in [0.15, 0.2) is 29.4 Å². The number of carbonyl (C=O) groups is 4. The van der Waals surface area contributed by atoms with Crippen LogP contribution in [0.5, 0.6) is 5.75 Å². The summed E-state index contributed by atoms with van der Waals surface area (Å²) in [5.74, 6) is -1.56. The van der Waals surface area contributed by atoms with E-state index in [0.717, 1.165) is 4.90 Å². The van der Waals surface area contributed by atoms with Crippen molar-refractivity contribution >= 4 is 42.2 Å². The molecule has 0 aliphatic carbocycles. The highest BCUT2D eigenvalue weighted by atomic mass is 16.5. The Morgan fingerprint density at radius 1 is 1.27 bits per heavy atom. The second-order valence-corrected chi connectivity index (χ2v) is 6.43. The van der Waals surface area contributed by atoms with E-state index in [1.54, 1.807) is 24.3 Å². The smallest absolute Gasteiger partial charge is 0.389 e. The molecule has 156 valence electrons. The number of amidine groups is 1. The first-order chi connectivity index (χ1) is 14.3. The number of urea groups is 1. The molecule has 1 atom stereocenters. The standard InChI is InChI=1S/C18H18N6O6/c1-22-16-15(17(28)23(2)18(22)29)24(10-19-16)8-13(25)21-20-7-11-5-3-4-6-12(11)30-9-14(26)27/h3-7,10,15H,8-9H2,1-2H3,(H-,21,25,26,27)/p+1/b20-7+. The maximum atomic E-state index is 12.4. The SMILES string of the molecule is CN1C(=O)C2C(=[N+]=CN2CC(=O)N/N=C/c2ccccc2OCC(=O)O)N(C)C1=O. The zero-order valence-corrected chi connectivity index (χ0v) is 16.2. The van der Waals surface area contributed by atoms with E-state index in [2.05, 4.69) is 15.2 Å². The summed E-state index contributed by atoms with van der Waals surface area (Å²) >= 11 is 0. The third-order valence-corrected chi connectivity index (χ3v) is 4.39. The Bertz CT molecular complexity index is 999. The normalized spacial score (nSPS) is 18.0. The number of ether oxygens (including phenoxy) is 1. The van der Waals surface area contributed by atoms with Gasteiger partial charge in [0.15, 0.2) is 6.61 Å². The number of fused-ring (bicyclic) bond motifs is 1. The number of nitrogens with one attached hydrogen (secondary N) is 1. The molecule has 0 spiro atoms. The van der Waals surface area contributed by atoms with Crippen LogP contribution >= 0.6 is 0 Å². The maximum absolute atomic E-state index is 12.4. The lowest BCUT2D eigenvalue weighted by Gasteiger charge is -2.29. The molecule has 1 unspecified atom stereocenters. The van der Waals surface area contributed by atoms with Gasteiger partial charge in [-0.2, -0.15) is 10.0 Å². The van der Waals surface area contributed by atoms with Crippen LogP contribution in [-0.2, 0) is 14.4 Å². The summed E-state index contributed by atoms with van der Waals surface area (Å²) in [6, 6.07) is 5.24. The topological polar surface area (TPSA) is 146 Å². The number of para-hydroxylation sites is 1. The van der Waals surface area contributed by atoms with Crippen molar-refractivity contribution in [1.82, 2.24) is 24.8 Å². The van der Waals surface area contributed by atoms with Gasteiger partial charge in [-0.15, -0.1) is 0 Å². The van der Waals surface area contributed by atoms with Crippen molar-refractivity contribution in [3.05, 3.63) is 29.8 Å². The van der Waals surface area contributed by atoms with Gasteiger partial charge in [-0.3, -0.25) is 19.4 Å². The number of carbonyl (C=O) groups excluding carboxylic acids is 3. The molecule has 0 aromatic heterocycles. The van der Waals surface area contributed by atoms with Crippen molar-refractivity contribution in [2.45, 2.75) is 6.04 Å². The number of rotatable bonds is 7. The first-order valence-corrected chi connectivity index (χ1v) is 8.77. The van der Waals surface area contributed by atoms with Gasteiger partial charge in [-0.05, 0) is 12.1 Å². The molecule has 30 heavy (non-hydrogen) atoms. The Morgan fingerprint density at radius 2 is 2.00 bits per heavy atom. The first-order valence-electron chi connectivity index (χ1n) is 8.77. The minimum Gasteiger partial charge on any atom is -0.481 e. The number of benzene rings is 1. The number of amides is 4. The molecule has 3 rings (SSSR count). The monoisotopic (exact) mass is 415 g/mol. The van der Waals surface area contributed by atoms with Gasteiger partial charge in [-0.25, -0.2) is 19.7 Å². The second-order valence-electron chi connectivity index (χ2n) is 6.43. The molecule has 1 saturated heterocycles. The molecule has 12 nitrogen and oxygen atoms in total. The highest BCUT2D eigenvalue weighted by Crippen LogP contribution is 2.16. The zero-order valence-electron chi connectivity index (χ0n) is 16.2. The summed E-state index contributed by atoms with van der Waals surface area (Å²) in [5.41, 5.74) is 2.81. The second kappa shape index (κ2) is 8.45. The van der Waals surface area contributed by atoms with Crippen molar-refractivity contribution in [1.29, 1.82) is 0 Å². The Balaban J connectivity index is 1.60. The van der Waals surface area contributed by atoms with E-state index in [0.29, 0.717) is 11.3 Å². The predicted octanol–water partition coefficient (Wildman–Crippen LogP) is -1.70. The summed E-state index contributed by atoms with van der Waals surface area (Å²) in [6.45, 7) is -0.723. The van der Waals surface area contributed by atoms with E-state index in [9.17, 15) is 19.2 Å². The zero-order chi connectivity index (χ0) is 21.8. The van der Waals surface area contributed by atoms with Crippen LogP contribution in [0.4, 0.5) is 4.79 Å². The molecular weight excluding hydrogens is 396 g/mol. The average molecular weight is 415 g/mol. The summed E-state index contributed by atoms with van der Waals surface area (Å²) in [4.78, 5) is 50.9. The van der Waals surface area contributed by atoms with E-state index in [-0.39, 0.29) is 12.4 Å². The fraction of sp³-hybridized carbons (Fsp3) is 0.278. The lowest BCUT2D eigenvalue weighted by molar-refractivity contribution is -0.139. The van der Waals surface area contributed by atoms with Crippen molar-refractivity contribution in [2.75, 3.05) is 27.2 Å². The number of likely N-dealkylation sites (N-methyl/N-ethyl adjacent to an activating group) is 2. The number of carboxylic acid groups (broad SMARTS) is 1. The van der Waals surface area contributed by atoms with Gasteiger partial charge < -0.3 is 9.84 Å². The average Bonchev–Trinajstić information content (AvgIpc) is 3.13. The van der Waals surface area contributed by atoms with Gasteiger partial charge in [0.2, 0.25) is 0 Å². The summed E-state index contributed by atoms with van der Waals surface area (Å²) in [7, 11) is 2.87. The van der Waals surface area contributed by atoms with Gasteiger partial charge in [0.1, 0.15) is 12.3 Å². The highest BCUT2D eigenvalue weighted by molar-refractivity contribution is 6.22. The first kappa shape index (κ1) is 20.6. The Morgan fingerprint density at radius 3 is 2.73 bits per heavy atom. The molecule has 1 fully saturated rings. The molecule has 2 heterocycles. The van der Waals surface area contributed by atoms with Crippen molar-refractivity contribution in [2.24, 2.45) is 5.10 Å². The number of nitrogens with zero attached hydrogens (tertiary/aromatic N) is 5. The van der Waals surface area contributed by atoms with Gasteiger partial charge >= 0.3 is 17.8 Å². The quantitative estimate of drug-likeness (QED) is 0.307. The Hall–Kier alpha value is -4.18. The number of imide groups is 1. The third kappa shape index (κ3) is 4.13. The number of hydrogen-bond donors (Lipinski definition) is 2. The molecular formula is C18H19N6O6+. The fourth-order valence-electron chi connectivity index (χ4n) is 2.91. The lowest BCUT2D eigenvalue weighted by atomic mass is 10.1. The molecule has 0 bridgehead atoms. The fourth-order valence-corrected chi connectivity index (χ4v) is 2.91. The van der Waals surface area contributed by atoms with Gasteiger partial charge in [-0.1, -0.05) is 12.1 Å². The van der Waals surface area contributed by atoms with Gasteiger partial charge in [0, 0.05) is 12.6 Å². The molecule has 2 aliphatic rings. The van der Waals surface area contributed by atoms with Crippen LogP contribution in [0.3, 0.4) is 0 Å². The summed E-state index contributed by atoms with van der Waals surface area (Å²) < 4.78 is 9.23. The summed E-state index contributed by atoms with van der Waals surface area (Å²) in [5, 5.41) is 12.6. The van der Waals surface area contributed by atoms with Crippen LogP contribution in [0.25, 0.3) is 0 Å². The number of carboxylic acids is 1. The van der Waals surface area contributed by atoms with Crippen LogP contribution in [0.1, 0.15) is 5.56 Å². The van der Waals surface area contributed by atoms with E-state index in [4.69, 9.17) is 9.84 Å². The predicted molar refractivity (Wildman–Crippen MR) is 105 cm³/mol. The van der Waals surface area contributed by atoms with Gasteiger partial charge in [0.05, 0.1) is 13.3 Å². The van der Waals surface area contributed by atoms with Crippen LogP contribution in [-0.4, -0.2) is 95.3 Å². The largest absolute Gasteiger partial charge is 0.481 e. The lowest BCUT2D eigenvalue weighted by Crippen LogP contribution is -2.63. The van der Waals surface area contributed by atoms with E-state index in [1.165, 1.54) is 36.4 Å². The van der Waals surface area contributed by atoms with E-state index >= 15 is 0 Å². The van der Waals surface area contributed by atoms with E-state index < -0.39 is 36.5 Å². The minimum atomic E-state index is -1.12. The molecule has 2 N–H and O–H groups in total. The third-order valence-electron chi connectivity index (χ3n) is 4.39. The van der Waals surface area contributed by atoms with E-state index in [1.807, 2.05) is 0 Å². The number of aliphatic carboxylic acids is 1. The summed E-state index contributed by atoms with van der Waals surface area (Å²) in [6.07, 6.45) is 2.65. The molecule has 4 amide bonds. The molecule has 0 saturated carbocycles. The Labute approximate surface area is 170 Å². The Kier molecular flexibility index (Phi) is 5.79. The van der Waals surface area contributed by atoms with Crippen LogP contribution in [0.2, 0.25) is 0 Å². The van der Waals surface area contributed by atoms with Crippen LogP contribution in [0, 0.1) is 0 Å². The van der Waals surface area contributed by atoms with Crippen molar-refractivity contribution in [3.8, 4) is 5.75 Å². The molecule has 1 aromatic rings. The highest BCUT2D eigenvalue weighted by Gasteiger charge is 2.53.